The third kappa shape index (κ3) is 2.62. The summed E-state index contributed by atoms with van der Waals surface area (Å²) in [5, 5.41) is 2.98. The van der Waals surface area contributed by atoms with E-state index in [1.165, 1.54) is 5.56 Å². The second kappa shape index (κ2) is 4.68. The van der Waals surface area contributed by atoms with Crippen LogP contribution in [0, 0.1) is 12.8 Å². The van der Waals surface area contributed by atoms with E-state index in [-0.39, 0.29) is 17.7 Å². The molecule has 1 atom stereocenters. The van der Waals surface area contributed by atoms with Crippen LogP contribution in [-0.2, 0) is 9.59 Å². The highest BCUT2D eigenvalue weighted by atomic mass is 16.2. The first-order valence-corrected chi connectivity index (χ1v) is 6.81. The number of rotatable bonds is 3. The Bertz CT molecular complexity index is 505. The van der Waals surface area contributed by atoms with Crippen LogP contribution in [0.15, 0.2) is 24.3 Å². The summed E-state index contributed by atoms with van der Waals surface area (Å²) < 4.78 is 0. The highest BCUT2D eigenvalue weighted by Gasteiger charge is 2.36. The summed E-state index contributed by atoms with van der Waals surface area (Å²) in [5.74, 6) is -0.125. The molecule has 2 fully saturated rings. The van der Waals surface area contributed by atoms with Crippen LogP contribution in [0.4, 0.5) is 5.69 Å². The molecule has 0 aromatic heterocycles. The maximum absolute atomic E-state index is 12.0. The van der Waals surface area contributed by atoms with Gasteiger partial charge in [0.15, 0.2) is 0 Å². The Balaban J connectivity index is 1.68. The first kappa shape index (κ1) is 12.2. The molecule has 3 rings (SSSR count). The fraction of sp³-hybridized carbons (Fsp3) is 0.467. The molecule has 4 nitrogen and oxygen atoms in total. The van der Waals surface area contributed by atoms with Gasteiger partial charge in [0.2, 0.25) is 11.8 Å². The third-order valence-corrected chi connectivity index (χ3v) is 3.77. The van der Waals surface area contributed by atoms with E-state index < -0.39 is 0 Å². The van der Waals surface area contributed by atoms with E-state index in [1.807, 2.05) is 31.2 Å². The zero-order valence-corrected chi connectivity index (χ0v) is 11.1. The highest BCUT2D eigenvalue weighted by molar-refractivity contribution is 6.00. The molecule has 0 radical (unpaired) electrons. The number of aryl methyl sites for hydroxylation is 1. The standard InChI is InChI=1S/C15H18N2O2/c1-10-2-6-13(7-3-10)17-9-11(8-14(17)18)15(19)16-12-4-5-12/h2-3,6-7,11-12H,4-5,8-9H2,1H3,(H,16,19)/t11-/m0/s1. The molecule has 1 aliphatic carbocycles. The zero-order chi connectivity index (χ0) is 13.4. The van der Waals surface area contributed by atoms with Crippen molar-refractivity contribution in [1.82, 2.24) is 5.32 Å². The van der Waals surface area contributed by atoms with Crippen molar-refractivity contribution in [2.75, 3.05) is 11.4 Å². The van der Waals surface area contributed by atoms with Crippen molar-refractivity contribution in [2.24, 2.45) is 5.92 Å². The summed E-state index contributed by atoms with van der Waals surface area (Å²) in [5.41, 5.74) is 2.05. The predicted molar refractivity (Wildman–Crippen MR) is 72.8 cm³/mol. The first-order chi connectivity index (χ1) is 9.13. The van der Waals surface area contributed by atoms with Crippen molar-refractivity contribution in [3.63, 3.8) is 0 Å². The van der Waals surface area contributed by atoms with Crippen LogP contribution in [0.5, 0.6) is 0 Å². The number of carbonyl (C=O) groups excluding carboxylic acids is 2. The van der Waals surface area contributed by atoms with Crippen LogP contribution in [0.3, 0.4) is 0 Å². The van der Waals surface area contributed by atoms with Crippen molar-refractivity contribution in [3.05, 3.63) is 29.8 Å². The quantitative estimate of drug-likeness (QED) is 0.895. The molecular weight excluding hydrogens is 240 g/mol. The summed E-state index contributed by atoms with van der Waals surface area (Å²) in [6.07, 6.45) is 2.48. The van der Waals surface area contributed by atoms with E-state index in [9.17, 15) is 9.59 Å². The summed E-state index contributed by atoms with van der Waals surface area (Å²) in [7, 11) is 0. The van der Waals surface area contributed by atoms with Crippen LogP contribution in [0.25, 0.3) is 0 Å². The molecule has 4 heteroatoms. The Morgan fingerprint density at radius 1 is 1.26 bits per heavy atom. The van der Waals surface area contributed by atoms with Gasteiger partial charge in [-0.05, 0) is 31.9 Å². The van der Waals surface area contributed by atoms with E-state index in [1.54, 1.807) is 4.90 Å². The van der Waals surface area contributed by atoms with Gasteiger partial charge in [0, 0.05) is 24.7 Å². The molecule has 100 valence electrons. The Hall–Kier alpha value is -1.84. The van der Waals surface area contributed by atoms with Crippen LogP contribution in [0.1, 0.15) is 24.8 Å². The molecule has 1 saturated heterocycles. The van der Waals surface area contributed by atoms with E-state index in [0.29, 0.717) is 19.0 Å². The van der Waals surface area contributed by atoms with Crippen LogP contribution < -0.4 is 10.2 Å². The molecule has 2 aliphatic rings. The van der Waals surface area contributed by atoms with Gasteiger partial charge < -0.3 is 10.2 Å². The van der Waals surface area contributed by atoms with Gasteiger partial charge in [0.05, 0.1) is 5.92 Å². The van der Waals surface area contributed by atoms with Crippen LogP contribution in [-0.4, -0.2) is 24.4 Å². The lowest BCUT2D eigenvalue weighted by molar-refractivity contribution is -0.126. The number of amides is 2. The monoisotopic (exact) mass is 258 g/mol. The Labute approximate surface area is 112 Å². The molecule has 1 aromatic carbocycles. The smallest absolute Gasteiger partial charge is 0.227 e. The molecule has 0 spiro atoms. The normalized spacial score (nSPS) is 22.7. The average molecular weight is 258 g/mol. The van der Waals surface area contributed by atoms with E-state index in [2.05, 4.69) is 5.32 Å². The second-order valence-corrected chi connectivity index (χ2v) is 5.52. The van der Waals surface area contributed by atoms with Crippen molar-refractivity contribution in [1.29, 1.82) is 0 Å². The topological polar surface area (TPSA) is 49.4 Å². The van der Waals surface area contributed by atoms with Crippen LogP contribution in [0.2, 0.25) is 0 Å². The molecule has 19 heavy (non-hydrogen) atoms. The lowest BCUT2D eigenvalue weighted by Gasteiger charge is -2.16. The lowest BCUT2D eigenvalue weighted by atomic mass is 10.1. The molecule has 2 amide bonds. The van der Waals surface area contributed by atoms with Gasteiger partial charge in [-0.1, -0.05) is 17.7 Å². The number of hydrogen-bond donors (Lipinski definition) is 1. The molecule has 0 bridgehead atoms. The number of benzene rings is 1. The van der Waals surface area contributed by atoms with Crippen LogP contribution >= 0.6 is 0 Å². The number of carbonyl (C=O) groups is 2. The third-order valence-electron chi connectivity index (χ3n) is 3.77. The molecule has 1 saturated carbocycles. The summed E-state index contributed by atoms with van der Waals surface area (Å²) in [6, 6.07) is 8.21. The number of hydrogen-bond acceptors (Lipinski definition) is 2. The molecular formula is C15H18N2O2. The minimum Gasteiger partial charge on any atom is -0.353 e. The van der Waals surface area contributed by atoms with E-state index >= 15 is 0 Å². The maximum Gasteiger partial charge on any atom is 0.227 e. The Morgan fingerprint density at radius 3 is 2.58 bits per heavy atom. The molecule has 1 aliphatic heterocycles. The van der Waals surface area contributed by atoms with Gasteiger partial charge in [-0.3, -0.25) is 9.59 Å². The fourth-order valence-corrected chi connectivity index (χ4v) is 2.40. The van der Waals surface area contributed by atoms with E-state index in [0.717, 1.165) is 18.5 Å². The lowest BCUT2D eigenvalue weighted by Crippen LogP contribution is -2.34. The Kier molecular flexibility index (Phi) is 3.01. The van der Waals surface area contributed by atoms with Gasteiger partial charge in [-0.15, -0.1) is 0 Å². The van der Waals surface area contributed by atoms with Gasteiger partial charge in [0.25, 0.3) is 0 Å². The fourth-order valence-electron chi connectivity index (χ4n) is 2.40. The number of anilines is 1. The van der Waals surface area contributed by atoms with Crippen molar-refractivity contribution < 1.29 is 9.59 Å². The van der Waals surface area contributed by atoms with Gasteiger partial charge in [0.1, 0.15) is 0 Å². The van der Waals surface area contributed by atoms with Crippen molar-refractivity contribution in [3.8, 4) is 0 Å². The number of nitrogens with one attached hydrogen (secondary N) is 1. The van der Waals surface area contributed by atoms with Crippen molar-refractivity contribution >= 4 is 17.5 Å². The van der Waals surface area contributed by atoms with Gasteiger partial charge in [-0.25, -0.2) is 0 Å². The Morgan fingerprint density at radius 2 is 1.95 bits per heavy atom. The summed E-state index contributed by atoms with van der Waals surface area (Å²) >= 11 is 0. The molecule has 1 heterocycles. The molecule has 1 N–H and O–H groups in total. The van der Waals surface area contributed by atoms with Crippen molar-refractivity contribution in [2.45, 2.75) is 32.2 Å². The highest BCUT2D eigenvalue weighted by Crippen LogP contribution is 2.27. The van der Waals surface area contributed by atoms with Gasteiger partial charge in [-0.2, -0.15) is 0 Å². The predicted octanol–water partition coefficient (Wildman–Crippen LogP) is 1.63. The summed E-state index contributed by atoms with van der Waals surface area (Å²) in [4.78, 5) is 25.7. The average Bonchev–Trinajstić information content (AvgIpc) is 3.11. The maximum atomic E-state index is 12.0. The minimum absolute atomic E-state index is 0.0328. The molecule has 1 aromatic rings. The zero-order valence-electron chi connectivity index (χ0n) is 11.1. The number of nitrogens with zero attached hydrogens (tertiary/aromatic N) is 1. The van der Waals surface area contributed by atoms with E-state index in [4.69, 9.17) is 0 Å². The summed E-state index contributed by atoms with van der Waals surface area (Å²) in [6.45, 7) is 2.52. The molecule has 0 unspecified atom stereocenters. The van der Waals surface area contributed by atoms with Gasteiger partial charge >= 0.3 is 0 Å². The SMILES string of the molecule is Cc1ccc(N2C[C@@H](C(=O)NC3CC3)CC2=O)cc1. The first-order valence-electron chi connectivity index (χ1n) is 6.81. The second-order valence-electron chi connectivity index (χ2n) is 5.52. The minimum atomic E-state index is -0.200. The largest absolute Gasteiger partial charge is 0.353 e.